The number of hydrogen-bond acceptors (Lipinski definition) is 4. The van der Waals surface area contributed by atoms with Crippen molar-refractivity contribution in [1.82, 2.24) is 10.5 Å². The van der Waals surface area contributed by atoms with Gasteiger partial charge in [-0.25, -0.2) is 0 Å². The number of nitrogens with one attached hydrogen (secondary N) is 1. The van der Waals surface area contributed by atoms with Gasteiger partial charge >= 0.3 is 0 Å². The summed E-state index contributed by atoms with van der Waals surface area (Å²) in [5.41, 5.74) is 1.89. The summed E-state index contributed by atoms with van der Waals surface area (Å²) in [5, 5.41) is 6.81. The lowest BCUT2D eigenvalue weighted by Crippen LogP contribution is -2.34. The van der Waals surface area contributed by atoms with Crippen molar-refractivity contribution in [1.29, 1.82) is 0 Å². The third-order valence-corrected chi connectivity index (χ3v) is 3.28. The highest BCUT2D eigenvalue weighted by molar-refractivity contribution is 5.91. The summed E-state index contributed by atoms with van der Waals surface area (Å²) in [7, 11) is 0. The lowest BCUT2D eigenvalue weighted by molar-refractivity contribution is 0.0892. The Hall–Kier alpha value is -2.14. The van der Waals surface area contributed by atoms with E-state index in [0.29, 0.717) is 19.6 Å². The smallest absolute Gasteiger partial charge is 0.290 e. The summed E-state index contributed by atoms with van der Waals surface area (Å²) in [5.74, 6) is 0.0233. The highest BCUT2D eigenvalue weighted by Gasteiger charge is 2.21. The van der Waals surface area contributed by atoms with Crippen LogP contribution in [0.15, 0.2) is 40.9 Å². The molecular weight excluding hydrogens is 256 g/mol. The van der Waals surface area contributed by atoms with E-state index >= 15 is 0 Å². The van der Waals surface area contributed by atoms with Gasteiger partial charge in [-0.15, -0.1) is 0 Å². The molecule has 1 fully saturated rings. The number of carbonyl (C=O) groups excluding carboxylic acids is 1. The van der Waals surface area contributed by atoms with Gasteiger partial charge in [0.05, 0.1) is 18.3 Å². The van der Waals surface area contributed by atoms with Crippen LogP contribution in [0.5, 0.6) is 0 Å². The van der Waals surface area contributed by atoms with Crippen LogP contribution in [0.1, 0.15) is 28.2 Å². The van der Waals surface area contributed by atoms with Crippen molar-refractivity contribution in [3.8, 4) is 0 Å². The van der Waals surface area contributed by atoms with Crippen LogP contribution in [0, 0.1) is 0 Å². The monoisotopic (exact) mass is 272 g/mol. The fourth-order valence-corrected chi connectivity index (χ4v) is 2.21. The standard InChI is InChI=1S/C15H16N2O3/c18-15(16-12-6-7-19-10-12)14-9-13(17-20-14)8-11-4-2-1-3-5-11/h1-5,9,12H,6-8,10H2,(H,16,18). The van der Waals surface area contributed by atoms with E-state index in [2.05, 4.69) is 10.5 Å². The first-order valence-corrected chi connectivity index (χ1v) is 6.69. The number of hydrogen-bond donors (Lipinski definition) is 1. The summed E-state index contributed by atoms with van der Waals surface area (Å²) in [6.45, 7) is 1.26. The summed E-state index contributed by atoms with van der Waals surface area (Å²) < 4.78 is 10.3. The average molecular weight is 272 g/mol. The number of benzene rings is 1. The molecule has 0 radical (unpaired) electrons. The molecule has 20 heavy (non-hydrogen) atoms. The van der Waals surface area contributed by atoms with E-state index in [0.717, 1.165) is 17.7 Å². The summed E-state index contributed by atoms with van der Waals surface area (Å²) >= 11 is 0. The quantitative estimate of drug-likeness (QED) is 0.921. The van der Waals surface area contributed by atoms with Gasteiger partial charge in [-0.1, -0.05) is 35.5 Å². The second-order valence-electron chi connectivity index (χ2n) is 4.88. The molecule has 0 spiro atoms. The molecule has 5 nitrogen and oxygen atoms in total. The summed E-state index contributed by atoms with van der Waals surface area (Å²) in [4.78, 5) is 12.0. The third kappa shape index (κ3) is 3.05. The van der Waals surface area contributed by atoms with Gasteiger partial charge in [0, 0.05) is 19.1 Å². The molecule has 2 heterocycles. The lowest BCUT2D eigenvalue weighted by Gasteiger charge is -2.07. The molecule has 1 atom stereocenters. The molecule has 3 rings (SSSR count). The molecule has 1 aliphatic rings. The van der Waals surface area contributed by atoms with Crippen molar-refractivity contribution < 1.29 is 14.1 Å². The Morgan fingerprint density at radius 3 is 2.95 bits per heavy atom. The van der Waals surface area contributed by atoms with Crippen molar-refractivity contribution in [3.05, 3.63) is 53.4 Å². The number of carbonyl (C=O) groups is 1. The van der Waals surface area contributed by atoms with Gasteiger partial charge < -0.3 is 14.6 Å². The van der Waals surface area contributed by atoms with Crippen LogP contribution >= 0.6 is 0 Å². The highest BCUT2D eigenvalue weighted by atomic mass is 16.5. The number of ether oxygens (including phenoxy) is 1. The number of amides is 1. The lowest BCUT2D eigenvalue weighted by atomic mass is 10.1. The van der Waals surface area contributed by atoms with Gasteiger partial charge in [0.15, 0.2) is 0 Å². The van der Waals surface area contributed by atoms with Crippen molar-refractivity contribution >= 4 is 5.91 Å². The first-order valence-electron chi connectivity index (χ1n) is 6.69. The van der Waals surface area contributed by atoms with E-state index in [-0.39, 0.29) is 17.7 Å². The maximum atomic E-state index is 12.0. The maximum Gasteiger partial charge on any atom is 0.290 e. The van der Waals surface area contributed by atoms with Gasteiger partial charge in [-0.3, -0.25) is 4.79 Å². The minimum Gasteiger partial charge on any atom is -0.379 e. The van der Waals surface area contributed by atoms with E-state index in [1.807, 2.05) is 30.3 Å². The van der Waals surface area contributed by atoms with Crippen LogP contribution in [0.3, 0.4) is 0 Å². The Labute approximate surface area is 116 Å². The molecule has 1 saturated heterocycles. The zero-order valence-electron chi connectivity index (χ0n) is 11.0. The van der Waals surface area contributed by atoms with E-state index in [1.165, 1.54) is 0 Å². The molecule has 1 aromatic heterocycles. The van der Waals surface area contributed by atoms with Crippen molar-refractivity contribution in [2.24, 2.45) is 0 Å². The summed E-state index contributed by atoms with van der Waals surface area (Å²) in [6, 6.07) is 11.7. The van der Waals surface area contributed by atoms with E-state index in [4.69, 9.17) is 9.26 Å². The Bertz CT molecular complexity index is 574. The van der Waals surface area contributed by atoms with Gasteiger partial charge in [-0.05, 0) is 12.0 Å². The predicted octanol–water partition coefficient (Wildman–Crippen LogP) is 1.78. The predicted molar refractivity (Wildman–Crippen MR) is 72.4 cm³/mol. The zero-order valence-corrected chi connectivity index (χ0v) is 11.0. The van der Waals surface area contributed by atoms with E-state index < -0.39 is 0 Å². The second-order valence-corrected chi connectivity index (χ2v) is 4.88. The first-order chi connectivity index (χ1) is 9.81. The van der Waals surface area contributed by atoms with Gasteiger partial charge in [0.2, 0.25) is 5.76 Å². The van der Waals surface area contributed by atoms with Crippen LogP contribution in [0.2, 0.25) is 0 Å². The normalized spacial score (nSPS) is 18.1. The van der Waals surface area contributed by atoms with Crippen molar-refractivity contribution in [3.63, 3.8) is 0 Å². The fraction of sp³-hybridized carbons (Fsp3) is 0.333. The molecule has 1 N–H and O–H groups in total. The van der Waals surface area contributed by atoms with Crippen LogP contribution < -0.4 is 5.32 Å². The number of rotatable bonds is 4. The van der Waals surface area contributed by atoms with Crippen molar-refractivity contribution in [2.75, 3.05) is 13.2 Å². The van der Waals surface area contributed by atoms with Crippen molar-refractivity contribution in [2.45, 2.75) is 18.9 Å². The highest BCUT2D eigenvalue weighted by Crippen LogP contribution is 2.11. The van der Waals surface area contributed by atoms with E-state index in [1.54, 1.807) is 6.07 Å². The molecule has 5 heteroatoms. The van der Waals surface area contributed by atoms with E-state index in [9.17, 15) is 4.79 Å². The third-order valence-electron chi connectivity index (χ3n) is 3.28. The average Bonchev–Trinajstić information content (AvgIpc) is 3.11. The SMILES string of the molecule is O=C(NC1CCOC1)c1cc(Cc2ccccc2)no1. The first kappa shape index (κ1) is 12.9. The van der Waals surface area contributed by atoms with Crippen LogP contribution in [0.25, 0.3) is 0 Å². The molecule has 1 aromatic carbocycles. The Morgan fingerprint density at radius 1 is 1.35 bits per heavy atom. The van der Waals surface area contributed by atoms with Crippen LogP contribution in [-0.2, 0) is 11.2 Å². The molecule has 0 bridgehead atoms. The van der Waals surface area contributed by atoms with Gasteiger partial charge in [0.1, 0.15) is 0 Å². The number of aromatic nitrogens is 1. The van der Waals surface area contributed by atoms with Gasteiger partial charge in [-0.2, -0.15) is 0 Å². The van der Waals surface area contributed by atoms with Crippen LogP contribution in [-0.4, -0.2) is 30.3 Å². The van der Waals surface area contributed by atoms with Crippen LogP contribution in [0.4, 0.5) is 0 Å². The molecule has 104 valence electrons. The molecule has 2 aromatic rings. The van der Waals surface area contributed by atoms with Gasteiger partial charge in [0.25, 0.3) is 5.91 Å². The Kier molecular flexibility index (Phi) is 3.78. The summed E-state index contributed by atoms with van der Waals surface area (Å²) in [6.07, 6.45) is 1.50. The zero-order chi connectivity index (χ0) is 13.8. The second kappa shape index (κ2) is 5.88. The number of nitrogens with zero attached hydrogens (tertiary/aromatic N) is 1. The maximum absolute atomic E-state index is 12.0. The minimum atomic E-state index is -0.229. The topological polar surface area (TPSA) is 64.4 Å². The fourth-order valence-electron chi connectivity index (χ4n) is 2.21. The molecule has 0 aliphatic carbocycles. The molecule has 1 amide bonds. The molecule has 1 aliphatic heterocycles. The Morgan fingerprint density at radius 2 is 2.20 bits per heavy atom. The Balaban J connectivity index is 1.62. The largest absolute Gasteiger partial charge is 0.379 e. The molecular formula is C15H16N2O3. The molecule has 0 saturated carbocycles. The minimum absolute atomic E-state index is 0.0742. The molecule has 1 unspecified atom stereocenters.